The van der Waals surface area contributed by atoms with E-state index in [4.69, 9.17) is 0 Å². The highest BCUT2D eigenvalue weighted by molar-refractivity contribution is 7.27. The average Bonchev–Trinajstić information content (AvgIpc) is 3.70. The Morgan fingerprint density at radius 3 is 1.93 bits per heavy atom. The van der Waals surface area contributed by atoms with Crippen molar-refractivity contribution in [3.05, 3.63) is 146 Å². The Labute approximate surface area is 267 Å². The topological polar surface area (TPSA) is 15.8 Å². The third kappa shape index (κ3) is 3.19. The maximum atomic E-state index is 3.81. The van der Waals surface area contributed by atoms with Crippen molar-refractivity contribution in [1.82, 2.24) is 4.98 Å². The van der Waals surface area contributed by atoms with Gasteiger partial charge in [-0.15, -0.1) is 11.3 Å². The number of benzene rings is 9. The quantitative estimate of drug-likeness (QED) is 0.181. The van der Waals surface area contributed by atoms with Crippen LogP contribution in [0.5, 0.6) is 0 Å². The van der Waals surface area contributed by atoms with Crippen LogP contribution in [0, 0.1) is 0 Å². The lowest BCUT2D eigenvalue weighted by atomic mass is 9.89. The number of thiophene rings is 1. The Morgan fingerprint density at radius 1 is 0.391 bits per heavy atom. The number of rotatable bonds is 1. The summed E-state index contributed by atoms with van der Waals surface area (Å²) in [4.78, 5) is 3.81. The molecule has 0 saturated heterocycles. The van der Waals surface area contributed by atoms with Crippen LogP contribution in [0.1, 0.15) is 0 Å². The highest BCUT2D eigenvalue weighted by atomic mass is 32.1. The van der Waals surface area contributed by atoms with E-state index in [1.54, 1.807) is 0 Å². The first-order chi connectivity index (χ1) is 22.8. The summed E-state index contributed by atoms with van der Waals surface area (Å²) < 4.78 is 2.68. The van der Waals surface area contributed by atoms with Gasteiger partial charge in [-0.05, 0) is 78.5 Å². The smallest absolute Gasteiger partial charge is 0.0551 e. The summed E-state index contributed by atoms with van der Waals surface area (Å²) >= 11 is 1.92. The summed E-state index contributed by atoms with van der Waals surface area (Å²) in [6.07, 6.45) is 0. The second kappa shape index (κ2) is 8.94. The molecule has 46 heavy (non-hydrogen) atoms. The van der Waals surface area contributed by atoms with Crippen molar-refractivity contribution in [2.24, 2.45) is 0 Å². The zero-order valence-electron chi connectivity index (χ0n) is 24.8. The minimum absolute atomic E-state index is 1.18. The van der Waals surface area contributed by atoms with E-state index in [2.05, 4.69) is 151 Å². The molecule has 0 aliphatic carbocycles. The van der Waals surface area contributed by atoms with Crippen molar-refractivity contribution < 1.29 is 0 Å². The monoisotopic (exact) mass is 599 g/mol. The van der Waals surface area contributed by atoms with Gasteiger partial charge in [0.25, 0.3) is 0 Å². The summed E-state index contributed by atoms with van der Waals surface area (Å²) in [5.74, 6) is 0. The van der Waals surface area contributed by atoms with E-state index in [-0.39, 0.29) is 0 Å². The highest BCUT2D eigenvalue weighted by Gasteiger charge is 2.19. The summed E-state index contributed by atoms with van der Waals surface area (Å²) in [6, 6.07) is 54.0. The van der Waals surface area contributed by atoms with Crippen molar-refractivity contribution in [3.63, 3.8) is 0 Å². The number of hydrogen-bond donors (Lipinski definition) is 1. The van der Waals surface area contributed by atoms with E-state index in [1.165, 1.54) is 107 Å². The predicted molar refractivity (Wildman–Crippen MR) is 202 cm³/mol. The van der Waals surface area contributed by atoms with Crippen molar-refractivity contribution in [2.45, 2.75) is 0 Å². The predicted octanol–water partition coefficient (Wildman–Crippen LogP) is 13.1. The van der Waals surface area contributed by atoms with Crippen LogP contribution in [0.15, 0.2) is 146 Å². The SMILES string of the molecule is c1ccc2c(c1)ccc1c(-c3ccc4sc5c6ccccc6c6c(ccc7c8ccccc8[nH]c76)c5c4c3)cc3ccccc3c12. The zero-order chi connectivity index (χ0) is 29.9. The first-order valence-electron chi connectivity index (χ1n) is 15.9. The van der Waals surface area contributed by atoms with Gasteiger partial charge in [0.1, 0.15) is 0 Å². The fourth-order valence-electron chi connectivity index (χ4n) is 8.14. The van der Waals surface area contributed by atoms with Crippen LogP contribution < -0.4 is 0 Å². The minimum Gasteiger partial charge on any atom is -0.354 e. The van der Waals surface area contributed by atoms with Crippen LogP contribution in [-0.4, -0.2) is 4.98 Å². The van der Waals surface area contributed by atoms with Crippen LogP contribution in [-0.2, 0) is 0 Å². The Morgan fingerprint density at radius 2 is 1.07 bits per heavy atom. The molecule has 0 fully saturated rings. The lowest BCUT2D eigenvalue weighted by Gasteiger charge is -2.14. The summed E-state index contributed by atoms with van der Waals surface area (Å²) in [6.45, 7) is 0. The molecule has 11 aromatic rings. The number of aromatic amines is 1. The van der Waals surface area contributed by atoms with Crippen LogP contribution >= 0.6 is 11.3 Å². The minimum atomic E-state index is 1.18. The number of fused-ring (bicyclic) bond motifs is 17. The fourth-order valence-corrected chi connectivity index (χ4v) is 9.37. The molecule has 11 rings (SSSR count). The van der Waals surface area contributed by atoms with Crippen LogP contribution in [0.3, 0.4) is 0 Å². The van der Waals surface area contributed by atoms with Gasteiger partial charge in [0, 0.05) is 47.2 Å². The molecule has 0 saturated carbocycles. The van der Waals surface area contributed by atoms with Crippen LogP contribution in [0.2, 0.25) is 0 Å². The molecule has 212 valence electrons. The molecule has 0 bridgehead atoms. The molecule has 0 radical (unpaired) electrons. The first kappa shape index (κ1) is 24.6. The third-order valence-corrected chi connectivity index (χ3v) is 11.3. The van der Waals surface area contributed by atoms with Gasteiger partial charge >= 0.3 is 0 Å². The summed E-state index contributed by atoms with van der Waals surface area (Å²) in [5, 5.41) is 18.3. The van der Waals surface area contributed by atoms with Gasteiger partial charge in [-0.2, -0.15) is 0 Å². The average molecular weight is 600 g/mol. The van der Waals surface area contributed by atoms with E-state index in [1.807, 2.05) is 11.3 Å². The van der Waals surface area contributed by atoms with E-state index in [0.717, 1.165) is 0 Å². The number of H-pyrrole nitrogens is 1. The van der Waals surface area contributed by atoms with Gasteiger partial charge < -0.3 is 4.98 Å². The van der Waals surface area contributed by atoms with Crippen molar-refractivity contribution >= 4 is 107 Å². The normalized spacial score (nSPS) is 12.3. The molecule has 2 heterocycles. The first-order valence-corrected chi connectivity index (χ1v) is 16.7. The van der Waals surface area contributed by atoms with E-state index >= 15 is 0 Å². The molecule has 0 aliphatic rings. The number of aromatic nitrogens is 1. The van der Waals surface area contributed by atoms with Gasteiger partial charge in [0.15, 0.2) is 0 Å². The second-order valence-electron chi connectivity index (χ2n) is 12.5. The van der Waals surface area contributed by atoms with Gasteiger partial charge in [-0.25, -0.2) is 0 Å². The standard InChI is InChI=1S/C44H25NS/c1-3-11-28-25(9-1)17-19-32-36(23-26-10-2-4-12-29(26)40(28)32)27-18-22-39-37(24-27)42-35-21-20-33-30-13-7-8-16-38(30)45-43(33)41(35)31-14-5-6-15-34(31)44(42)46-39/h1-24,45H. The van der Waals surface area contributed by atoms with E-state index in [0.29, 0.717) is 0 Å². The van der Waals surface area contributed by atoms with Gasteiger partial charge in [0.05, 0.1) is 5.52 Å². The molecule has 0 unspecified atom stereocenters. The fraction of sp³-hybridized carbons (Fsp3) is 0. The van der Waals surface area contributed by atoms with Crippen LogP contribution in [0.25, 0.3) is 107 Å². The van der Waals surface area contributed by atoms with Crippen LogP contribution in [0.4, 0.5) is 0 Å². The van der Waals surface area contributed by atoms with Gasteiger partial charge in [-0.3, -0.25) is 0 Å². The molecular formula is C44H25NS. The molecule has 0 aliphatic heterocycles. The number of nitrogens with one attached hydrogen (secondary N) is 1. The molecule has 0 spiro atoms. The summed E-state index contributed by atoms with van der Waals surface area (Å²) in [5.41, 5.74) is 4.94. The van der Waals surface area contributed by atoms with E-state index < -0.39 is 0 Å². The molecule has 0 atom stereocenters. The molecule has 0 amide bonds. The molecule has 1 nitrogen and oxygen atoms in total. The third-order valence-electron chi connectivity index (χ3n) is 10.1. The van der Waals surface area contributed by atoms with Crippen molar-refractivity contribution in [1.29, 1.82) is 0 Å². The highest BCUT2D eigenvalue weighted by Crippen LogP contribution is 2.48. The molecule has 9 aromatic carbocycles. The molecule has 2 heteroatoms. The lowest BCUT2D eigenvalue weighted by molar-refractivity contribution is 1.57. The van der Waals surface area contributed by atoms with E-state index in [9.17, 15) is 0 Å². The molecular weight excluding hydrogens is 575 g/mol. The summed E-state index contributed by atoms with van der Waals surface area (Å²) in [7, 11) is 0. The lowest BCUT2D eigenvalue weighted by Crippen LogP contribution is -1.87. The number of hydrogen-bond acceptors (Lipinski definition) is 1. The van der Waals surface area contributed by atoms with Gasteiger partial charge in [0.2, 0.25) is 0 Å². The van der Waals surface area contributed by atoms with Crippen molar-refractivity contribution in [3.8, 4) is 11.1 Å². The maximum Gasteiger partial charge on any atom is 0.0551 e. The van der Waals surface area contributed by atoms with Crippen molar-refractivity contribution in [2.75, 3.05) is 0 Å². The zero-order valence-corrected chi connectivity index (χ0v) is 25.6. The Balaban J connectivity index is 1.29. The number of para-hydroxylation sites is 1. The molecule has 2 aromatic heterocycles. The Hall–Kier alpha value is -5.70. The maximum absolute atomic E-state index is 3.81. The Kier molecular flexibility index (Phi) is 4.78. The largest absolute Gasteiger partial charge is 0.354 e. The Bertz CT molecular complexity index is 3070. The molecule has 1 N–H and O–H groups in total. The van der Waals surface area contributed by atoms with Gasteiger partial charge in [-0.1, -0.05) is 121 Å². The second-order valence-corrected chi connectivity index (χ2v) is 13.6.